The lowest BCUT2D eigenvalue weighted by Crippen LogP contribution is -2.35. The van der Waals surface area contributed by atoms with Crippen LogP contribution >= 0.6 is 0 Å². The van der Waals surface area contributed by atoms with Crippen molar-refractivity contribution < 1.29 is 19.3 Å². The monoisotopic (exact) mass is 325 g/mol. The molecule has 5 nitrogen and oxygen atoms in total. The first-order valence-electron chi connectivity index (χ1n) is 8.40. The molecule has 1 atom stereocenters. The Balaban J connectivity index is 2.17. The zero-order chi connectivity index (χ0) is 16.9. The van der Waals surface area contributed by atoms with Crippen molar-refractivity contribution in [3.8, 4) is 5.75 Å². The molecule has 1 aromatic carbocycles. The van der Waals surface area contributed by atoms with Crippen molar-refractivity contribution in [1.82, 2.24) is 5.32 Å². The maximum Gasteiger partial charge on any atom is 0.146 e. The van der Waals surface area contributed by atoms with Gasteiger partial charge in [0.05, 0.1) is 6.61 Å². The lowest BCUT2D eigenvalue weighted by atomic mass is 10.1. The van der Waals surface area contributed by atoms with Crippen LogP contribution in [0.3, 0.4) is 0 Å². The number of rotatable bonds is 13. The number of aliphatic hydroxyl groups is 1. The minimum absolute atomic E-state index is 0.289. The van der Waals surface area contributed by atoms with Crippen LogP contribution in [0.1, 0.15) is 32.8 Å². The minimum Gasteiger partial charge on any atom is -0.491 e. The van der Waals surface area contributed by atoms with Crippen LogP contribution in [0.4, 0.5) is 0 Å². The maximum absolute atomic E-state index is 9.80. The molecule has 1 rings (SSSR count). The summed E-state index contributed by atoms with van der Waals surface area (Å²) in [6.07, 6.45) is 1.35. The molecule has 0 heterocycles. The summed E-state index contributed by atoms with van der Waals surface area (Å²) in [5.41, 5.74) is 1.19. The number of ether oxygens (including phenoxy) is 3. The predicted molar refractivity (Wildman–Crippen MR) is 91.8 cm³/mol. The number of benzene rings is 1. The minimum atomic E-state index is -0.506. The van der Waals surface area contributed by atoms with Crippen molar-refractivity contribution in [2.45, 2.75) is 45.8 Å². The molecule has 1 aromatic rings. The van der Waals surface area contributed by atoms with Gasteiger partial charge >= 0.3 is 0 Å². The summed E-state index contributed by atoms with van der Waals surface area (Å²) in [7, 11) is 0. The summed E-state index contributed by atoms with van der Waals surface area (Å²) in [6, 6.07) is 8.24. The molecule has 0 aliphatic heterocycles. The van der Waals surface area contributed by atoms with Crippen LogP contribution in [0, 0.1) is 0 Å². The first kappa shape index (κ1) is 19.9. The lowest BCUT2D eigenvalue weighted by Gasteiger charge is -2.15. The third-order valence-corrected chi connectivity index (χ3v) is 3.18. The van der Waals surface area contributed by atoms with Crippen LogP contribution < -0.4 is 10.1 Å². The summed E-state index contributed by atoms with van der Waals surface area (Å²) in [5.74, 6) is 0.768. The normalized spacial score (nSPS) is 12.6. The van der Waals surface area contributed by atoms with Crippen molar-refractivity contribution in [3.05, 3.63) is 29.8 Å². The number of aliphatic hydroxyl groups excluding tert-OH is 1. The molecule has 2 N–H and O–H groups in total. The predicted octanol–water partition coefficient (Wildman–Crippen LogP) is 2.37. The van der Waals surface area contributed by atoms with E-state index in [2.05, 4.69) is 12.2 Å². The van der Waals surface area contributed by atoms with Gasteiger partial charge in [0, 0.05) is 19.2 Å². The smallest absolute Gasteiger partial charge is 0.146 e. The van der Waals surface area contributed by atoms with E-state index in [0.717, 1.165) is 25.2 Å². The van der Waals surface area contributed by atoms with Gasteiger partial charge in [-0.3, -0.25) is 0 Å². The van der Waals surface area contributed by atoms with E-state index in [1.54, 1.807) is 0 Å². The van der Waals surface area contributed by atoms with E-state index in [4.69, 9.17) is 14.2 Å². The van der Waals surface area contributed by atoms with E-state index in [0.29, 0.717) is 26.0 Å². The second-order valence-electron chi connectivity index (χ2n) is 5.86. The average Bonchev–Trinajstić information content (AvgIpc) is 2.55. The molecule has 23 heavy (non-hydrogen) atoms. The summed E-state index contributed by atoms with van der Waals surface area (Å²) in [6.45, 7) is 8.73. The molecule has 0 saturated heterocycles. The zero-order valence-electron chi connectivity index (χ0n) is 14.6. The van der Waals surface area contributed by atoms with Crippen LogP contribution in [-0.2, 0) is 15.9 Å². The van der Waals surface area contributed by atoms with E-state index in [1.807, 2.05) is 38.1 Å². The molecule has 5 heteroatoms. The van der Waals surface area contributed by atoms with Gasteiger partial charge in [-0.25, -0.2) is 0 Å². The Morgan fingerprint density at radius 2 is 1.78 bits per heavy atom. The number of nitrogens with one attached hydrogen (secondary N) is 1. The highest BCUT2D eigenvalue weighted by atomic mass is 16.7. The van der Waals surface area contributed by atoms with Gasteiger partial charge in [-0.1, -0.05) is 32.9 Å². The van der Waals surface area contributed by atoms with Crippen LogP contribution in [0.5, 0.6) is 5.75 Å². The van der Waals surface area contributed by atoms with Gasteiger partial charge in [0.1, 0.15) is 25.3 Å². The SMILES string of the molecule is CCCOCOCCc1ccc(OCC(O)CNC(C)C)cc1. The zero-order valence-corrected chi connectivity index (χ0v) is 14.6. The highest BCUT2D eigenvalue weighted by Crippen LogP contribution is 2.13. The second-order valence-corrected chi connectivity index (χ2v) is 5.86. The fourth-order valence-electron chi connectivity index (χ4n) is 1.89. The Morgan fingerprint density at radius 3 is 2.43 bits per heavy atom. The van der Waals surface area contributed by atoms with E-state index < -0.39 is 6.10 Å². The van der Waals surface area contributed by atoms with Crippen LogP contribution in [-0.4, -0.2) is 50.4 Å². The van der Waals surface area contributed by atoms with E-state index >= 15 is 0 Å². The van der Waals surface area contributed by atoms with Crippen molar-refractivity contribution in [3.63, 3.8) is 0 Å². The Kier molecular flexibility index (Phi) is 10.6. The Labute approximate surface area is 139 Å². The molecular formula is C18H31NO4. The van der Waals surface area contributed by atoms with Gasteiger partial charge in [-0.05, 0) is 30.5 Å². The van der Waals surface area contributed by atoms with Crippen molar-refractivity contribution in [2.75, 3.05) is 33.2 Å². The second kappa shape index (κ2) is 12.3. The van der Waals surface area contributed by atoms with Crippen molar-refractivity contribution in [1.29, 1.82) is 0 Å². The van der Waals surface area contributed by atoms with Gasteiger partial charge in [0.2, 0.25) is 0 Å². The molecule has 132 valence electrons. The highest BCUT2D eigenvalue weighted by molar-refractivity contribution is 5.27. The maximum atomic E-state index is 9.80. The molecule has 0 aliphatic rings. The van der Waals surface area contributed by atoms with Crippen molar-refractivity contribution >= 4 is 0 Å². The topological polar surface area (TPSA) is 60.0 Å². The van der Waals surface area contributed by atoms with E-state index in [1.165, 1.54) is 5.56 Å². The van der Waals surface area contributed by atoms with Crippen LogP contribution in [0.25, 0.3) is 0 Å². The summed E-state index contributed by atoms with van der Waals surface area (Å²) in [5, 5.41) is 13.0. The molecule has 0 spiro atoms. The molecule has 0 aromatic heterocycles. The van der Waals surface area contributed by atoms with Crippen LogP contribution in [0.2, 0.25) is 0 Å². The molecule has 0 radical (unpaired) electrons. The molecule has 0 bridgehead atoms. The largest absolute Gasteiger partial charge is 0.491 e. The Bertz CT molecular complexity index is 395. The first-order chi connectivity index (χ1) is 11.1. The number of hydrogen-bond donors (Lipinski definition) is 2. The number of hydrogen-bond acceptors (Lipinski definition) is 5. The molecule has 0 aliphatic carbocycles. The Hall–Kier alpha value is -1.14. The van der Waals surface area contributed by atoms with E-state index in [9.17, 15) is 5.11 Å². The molecular weight excluding hydrogens is 294 g/mol. The first-order valence-corrected chi connectivity index (χ1v) is 8.40. The van der Waals surface area contributed by atoms with Gasteiger partial charge in [-0.15, -0.1) is 0 Å². The summed E-state index contributed by atoms with van der Waals surface area (Å²) >= 11 is 0. The fourth-order valence-corrected chi connectivity index (χ4v) is 1.89. The van der Waals surface area contributed by atoms with Gasteiger partial charge in [0.25, 0.3) is 0 Å². The van der Waals surface area contributed by atoms with Crippen molar-refractivity contribution in [2.24, 2.45) is 0 Å². The quantitative estimate of drug-likeness (QED) is 0.431. The van der Waals surface area contributed by atoms with Crippen LogP contribution in [0.15, 0.2) is 24.3 Å². The van der Waals surface area contributed by atoms with Gasteiger partial charge in [-0.2, -0.15) is 0 Å². The average molecular weight is 325 g/mol. The van der Waals surface area contributed by atoms with Gasteiger partial charge < -0.3 is 24.6 Å². The third kappa shape index (κ3) is 10.3. The summed E-state index contributed by atoms with van der Waals surface area (Å²) < 4.78 is 16.2. The summed E-state index contributed by atoms with van der Waals surface area (Å²) in [4.78, 5) is 0. The van der Waals surface area contributed by atoms with Gasteiger partial charge in [0.15, 0.2) is 0 Å². The molecule has 0 amide bonds. The molecule has 0 fully saturated rings. The third-order valence-electron chi connectivity index (χ3n) is 3.18. The fraction of sp³-hybridized carbons (Fsp3) is 0.667. The highest BCUT2D eigenvalue weighted by Gasteiger charge is 2.06. The standard InChI is InChI=1S/C18H31NO4/c1-4-10-21-14-22-11-9-16-5-7-18(8-6-16)23-13-17(20)12-19-15(2)3/h5-8,15,17,19-20H,4,9-14H2,1-3H3. The lowest BCUT2D eigenvalue weighted by molar-refractivity contribution is -0.0523. The Morgan fingerprint density at radius 1 is 1.09 bits per heavy atom. The molecule has 0 saturated carbocycles. The molecule has 1 unspecified atom stereocenters. The van der Waals surface area contributed by atoms with E-state index in [-0.39, 0.29) is 6.61 Å².